The third-order valence-electron chi connectivity index (χ3n) is 3.09. The van der Waals surface area contributed by atoms with Crippen molar-refractivity contribution in [3.63, 3.8) is 0 Å². The second-order valence-corrected chi connectivity index (χ2v) is 4.16. The molecule has 1 saturated carbocycles. The molecule has 92 valence electrons. The topological polar surface area (TPSA) is 98.9 Å². The molecule has 1 aliphatic rings. The summed E-state index contributed by atoms with van der Waals surface area (Å²) in [6.45, 7) is 1.57. The van der Waals surface area contributed by atoms with Crippen molar-refractivity contribution in [1.29, 1.82) is 0 Å². The molecule has 0 saturated heterocycles. The van der Waals surface area contributed by atoms with E-state index < -0.39 is 28.7 Å². The Hall–Kier alpha value is -1.37. The SMILES string of the molecule is CO[C@@H]1C[C@@H](C(=O)O)CC[C@@]1(C)O[N+](=O)[O-]. The molecule has 7 heteroatoms. The van der Waals surface area contributed by atoms with Crippen molar-refractivity contribution in [2.75, 3.05) is 7.11 Å². The Morgan fingerprint density at radius 3 is 2.69 bits per heavy atom. The van der Waals surface area contributed by atoms with Crippen molar-refractivity contribution in [3.8, 4) is 0 Å². The lowest BCUT2D eigenvalue weighted by Crippen LogP contribution is -2.50. The van der Waals surface area contributed by atoms with E-state index in [0.717, 1.165) is 0 Å². The minimum atomic E-state index is -1.05. The van der Waals surface area contributed by atoms with E-state index in [1.54, 1.807) is 6.92 Å². The van der Waals surface area contributed by atoms with Crippen molar-refractivity contribution in [3.05, 3.63) is 10.1 Å². The number of rotatable bonds is 4. The van der Waals surface area contributed by atoms with E-state index in [1.165, 1.54) is 7.11 Å². The van der Waals surface area contributed by atoms with E-state index in [1.807, 2.05) is 0 Å². The maximum absolute atomic E-state index is 10.8. The van der Waals surface area contributed by atoms with Crippen molar-refractivity contribution >= 4 is 5.97 Å². The second kappa shape index (κ2) is 4.65. The van der Waals surface area contributed by atoms with Crippen LogP contribution < -0.4 is 0 Å². The van der Waals surface area contributed by atoms with E-state index >= 15 is 0 Å². The molecule has 0 aliphatic heterocycles. The zero-order valence-corrected chi connectivity index (χ0v) is 9.21. The molecule has 1 N–H and O–H groups in total. The lowest BCUT2D eigenvalue weighted by molar-refractivity contribution is -0.783. The number of carbonyl (C=O) groups is 1. The fourth-order valence-corrected chi connectivity index (χ4v) is 2.09. The molecular weight excluding hydrogens is 218 g/mol. The molecule has 0 amide bonds. The van der Waals surface area contributed by atoms with Gasteiger partial charge in [0.05, 0.1) is 12.0 Å². The Kier molecular flexibility index (Phi) is 3.69. The number of ether oxygens (including phenoxy) is 1. The molecule has 1 rings (SSSR count). The van der Waals surface area contributed by atoms with Crippen LogP contribution in [-0.4, -0.2) is 35.0 Å². The van der Waals surface area contributed by atoms with Crippen LogP contribution in [0.25, 0.3) is 0 Å². The first-order valence-electron chi connectivity index (χ1n) is 4.98. The number of methoxy groups -OCH3 is 1. The lowest BCUT2D eigenvalue weighted by Gasteiger charge is -2.40. The molecule has 1 fully saturated rings. The molecule has 0 heterocycles. The van der Waals surface area contributed by atoms with Crippen molar-refractivity contribution in [2.24, 2.45) is 5.92 Å². The van der Waals surface area contributed by atoms with Gasteiger partial charge in [0.25, 0.3) is 5.09 Å². The van der Waals surface area contributed by atoms with Gasteiger partial charge in [0, 0.05) is 7.11 Å². The van der Waals surface area contributed by atoms with Crippen LogP contribution in [0, 0.1) is 16.0 Å². The van der Waals surface area contributed by atoms with Crippen molar-refractivity contribution in [1.82, 2.24) is 0 Å². The lowest BCUT2D eigenvalue weighted by atomic mass is 9.77. The monoisotopic (exact) mass is 233 g/mol. The van der Waals surface area contributed by atoms with E-state index in [4.69, 9.17) is 9.84 Å². The number of nitrogens with zero attached hydrogens (tertiary/aromatic N) is 1. The third kappa shape index (κ3) is 2.60. The zero-order valence-electron chi connectivity index (χ0n) is 9.21. The van der Waals surface area contributed by atoms with Gasteiger partial charge in [0.2, 0.25) is 0 Å². The highest BCUT2D eigenvalue weighted by Crippen LogP contribution is 2.36. The number of aliphatic carboxylic acids is 1. The largest absolute Gasteiger partial charge is 0.481 e. The van der Waals surface area contributed by atoms with Gasteiger partial charge in [0.15, 0.2) is 0 Å². The molecule has 3 atom stereocenters. The Labute approximate surface area is 92.4 Å². The molecule has 0 bridgehead atoms. The van der Waals surface area contributed by atoms with Gasteiger partial charge in [-0.1, -0.05) is 0 Å². The second-order valence-electron chi connectivity index (χ2n) is 4.16. The molecule has 7 nitrogen and oxygen atoms in total. The number of carboxylic acid groups (broad SMARTS) is 1. The van der Waals surface area contributed by atoms with Crippen molar-refractivity contribution in [2.45, 2.75) is 37.9 Å². The van der Waals surface area contributed by atoms with Gasteiger partial charge in [0.1, 0.15) is 5.60 Å². The van der Waals surface area contributed by atoms with Gasteiger partial charge in [-0.3, -0.25) is 4.79 Å². The molecular formula is C9H15NO6. The highest BCUT2D eigenvalue weighted by molar-refractivity contribution is 5.70. The number of hydrogen-bond acceptors (Lipinski definition) is 5. The van der Waals surface area contributed by atoms with Gasteiger partial charge < -0.3 is 14.7 Å². The molecule has 0 aromatic carbocycles. The Bertz CT molecular complexity index is 294. The fraction of sp³-hybridized carbons (Fsp3) is 0.889. The normalized spacial score (nSPS) is 34.4. The Morgan fingerprint density at radius 1 is 1.62 bits per heavy atom. The highest BCUT2D eigenvalue weighted by Gasteiger charge is 2.45. The predicted octanol–water partition coefficient (Wildman–Crippen LogP) is 0.853. The Morgan fingerprint density at radius 2 is 2.25 bits per heavy atom. The van der Waals surface area contributed by atoms with E-state index in [-0.39, 0.29) is 6.42 Å². The van der Waals surface area contributed by atoms with Crippen LogP contribution in [0.4, 0.5) is 0 Å². The van der Waals surface area contributed by atoms with Crippen LogP contribution >= 0.6 is 0 Å². The molecule has 1 aliphatic carbocycles. The highest BCUT2D eigenvalue weighted by atomic mass is 17.0. The van der Waals surface area contributed by atoms with Crippen LogP contribution in [0.5, 0.6) is 0 Å². The summed E-state index contributed by atoms with van der Waals surface area (Å²) in [6, 6.07) is 0. The van der Waals surface area contributed by atoms with Gasteiger partial charge >= 0.3 is 5.97 Å². The molecule has 0 radical (unpaired) electrons. The molecule has 0 aromatic heterocycles. The molecule has 16 heavy (non-hydrogen) atoms. The quantitative estimate of drug-likeness (QED) is 0.571. The van der Waals surface area contributed by atoms with Crippen LogP contribution in [0.3, 0.4) is 0 Å². The fourth-order valence-electron chi connectivity index (χ4n) is 2.09. The van der Waals surface area contributed by atoms with E-state index in [0.29, 0.717) is 12.8 Å². The maximum atomic E-state index is 10.8. The summed E-state index contributed by atoms with van der Waals surface area (Å²) in [5, 5.41) is 18.4. The summed E-state index contributed by atoms with van der Waals surface area (Å²) >= 11 is 0. The summed E-state index contributed by atoms with van der Waals surface area (Å²) in [4.78, 5) is 25.8. The van der Waals surface area contributed by atoms with Crippen LogP contribution in [0.1, 0.15) is 26.2 Å². The molecule has 0 aromatic rings. The smallest absolute Gasteiger partial charge is 0.306 e. The summed E-state index contributed by atoms with van der Waals surface area (Å²) in [7, 11) is 1.40. The first-order valence-corrected chi connectivity index (χ1v) is 4.98. The average Bonchev–Trinajstić information content (AvgIpc) is 2.16. The van der Waals surface area contributed by atoms with Gasteiger partial charge in [-0.25, -0.2) is 0 Å². The summed E-state index contributed by atoms with van der Waals surface area (Å²) in [6.07, 6.45) is 0.312. The summed E-state index contributed by atoms with van der Waals surface area (Å²) < 4.78 is 5.10. The molecule has 0 unspecified atom stereocenters. The third-order valence-corrected chi connectivity index (χ3v) is 3.09. The minimum absolute atomic E-state index is 0.232. The van der Waals surface area contributed by atoms with E-state index in [2.05, 4.69) is 4.84 Å². The van der Waals surface area contributed by atoms with E-state index in [9.17, 15) is 14.9 Å². The maximum Gasteiger partial charge on any atom is 0.306 e. The predicted molar refractivity (Wildman–Crippen MR) is 52.3 cm³/mol. The van der Waals surface area contributed by atoms with Crippen molar-refractivity contribution < 1.29 is 24.6 Å². The molecule has 0 spiro atoms. The van der Waals surface area contributed by atoms with Crippen LogP contribution in [-0.2, 0) is 14.4 Å². The zero-order chi connectivity index (χ0) is 12.3. The van der Waals surface area contributed by atoms with Gasteiger partial charge in [-0.2, -0.15) is 0 Å². The Balaban J connectivity index is 2.74. The number of carboxylic acids is 1. The van der Waals surface area contributed by atoms with Crippen LogP contribution in [0.2, 0.25) is 0 Å². The standard InChI is InChI=1S/C9H15NO6/c1-9(16-10(13)14)4-3-6(8(11)12)5-7(9)15-2/h6-7H,3-5H2,1-2H3,(H,11,12)/t6-,7+,9+/m0/s1. The average molecular weight is 233 g/mol. The summed E-state index contributed by atoms with van der Waals surface area (Å²) in [5.74, 6) is -1.42. The van der Waals surface area contributed by atoms with Gasteiger partial charge in [-0.15, -0.1) is 10.1 Å². The minimum Gasteiger partial charge on any atom is -0.481 e. The first kappa shape index (κ1) is 12.7. The van der Waals surface area contributed by atoms with Gasteiger partial charge in [-0.05, 0) is 26.2 Å². The number of hydrogen-bond donors (Lipinski definition) is 1. The van der Waals surface area contributed by atoms with Crippen LogP contribution in [0.15, 0.2) is 0 Å². The summed E-state index contributed by atoms with van der Waals surface area (Å²) in [5.41, 5.74) is -1.05. The first-order chi connectivity index (χ1) is 7.39.